The van der Waals surface area contributed by atoms with Gasteiger partial charge in [-0.05, 0) is 35.1 Å². The Bertz CT molecular complexity index is 299. The minimum absolute atomic E-state index is 0.121. The molecule has 0 unspecified atom stereocenters. The molecule has 96 valence electrons. The fraction of sp³-hybridized carbons (Fsp3) is 0.500. The number of ketones is 1. The Kier molecular flexibility index (Phi) is 8.28. The third kappa shape index (κ3) is 9.72. The minimum Gasteiger partial charge on any atom is -0.308 e. The molecule has 0 radical (unpaired) electrons. The van der Waals surface area contributed by atoms with Gasteiger partial charge in [-0.25, -0.2) is 0 Å². The lowest BCUT2D eigenvalue weighted by Crippen LogP contribution is -2.25. The van der Waals surface area contributed by atoms with Crippen LogP contribution in [0.15, 0.2) is 30.3 Å². The second kappa shape index (κ2) is 8.90. The van der Waals surface area contributed by atoms with Crippen LogP contribution in [0.3, 0.4) is 0 Å². The summed E-state index contributed by atoms with van der Waals surface area (Å²) in [5.74, 6) is 0.121. The molecule has 0 aliphatic rings. The van der Waals surface area contributed by atoms with Gasteiger partial charge in [0.2, 0.25) is 0 Å². The molecule has 1 aromatic rings. The van der Waals surface area contributed by atoms with Crippen LogP contribution in [-0.4, -0.2) is 56.9 Å². The van der Waals surface area contributed by atoms with E-state index < -0.39 is 0 Å². The molecule has 0 aliphatic heterocycles. The molecule has 17 heavy (non-hydrogen) atoms. The van der Waals surface area contributed by atoms with Crippen molar-refractivity contribution >= 4 is 5.78 Å². The van der Waals surface area contributed by atoms with Gasteiger partial charge in [-0.3, -0.25) is 4.79 Å². The molecule has 0 spiro atoms. The van der Waals surface area contributed by atoms with E-state index in [-0.39, 0.29) is 5.78 Å². The topological polar surface area (TPSA) is 23.6 Å². The van der Waals surface area contributed by atoms with Crippen molar-refractivity contribution in [3.63, 3.8) is 0 Å². The Morgan fingerprint density at radius 2 is 1.35 bits per heavy atom. The molecule has 0 amide bonds. The van der Waals surface area contributed by atoms with Crippen molar-refractivity contribution in [1.82, 2.24) is 9.80 Å². The van der Waals surface area contributed by atoms with E-state index in [1.54, 1.807) is 6.92 Å². The normalized spacial score (nSPS) is 10.1. The maximum Gasteiger partial charge on any atom is 0.159 e. The SMILES string of the molecule is CC(=O)c1ccccc1.CN(C)CCN(C)C. The van der Waals surface area contributed by atoms with E-state index in [1.807, 2.05) is 30.3 Å². The maximum atomic E-state index is 10.6. The lowest BCUT2D eigenvalue weighted by Gasteiger charge is -2.13. The number of hydrogen-bond donors (Lipinski definition) is 0. The summed E-state index contributed by atoms with van der Waals surface area (Å²) in [5, 5.41) is 0. The van der Waals surface area contributed by atoms with Gasteiger partial charge in [-0.1, -0.05) is 30.3 Å². The molecule has 0 aromatic heterocycles. The van der Waals surface area contributed by atoms with Crippen LogP contribution in [-0.2, 0) is 0 Å². The number of benzene rings is 1. The number of nitrogens with zero attached hydrogens (tertiary/aromatic N) is 2. The lowest BCUT2D eigenvalue weighted by molar-refractivity contribution is 0.101. The highest BCUT2D eigenvalue weighted by molar-refractivity contribution is 5.93. The van der Waals surface area contributed by atoms with Crippen LogP contribution in [0.25, 0.3) is 0 Å². The quantitative estimate of drug-likeness (QED) is 0.747. The highest BCUT2D eigenvalue weighted by Gasteiger charge is 1.92. The van der Waals surface area contributed by atoms with Crippen molar-refractivity contribution in [1.29, 1.82) is 0 Å². The molecule has 3 heteroatoms. The van der Waals surface area contributed by atoms with Gasteiger partial charge < -0.3 is 9.80 Å². The largest absolute Gasteiger partial charge is 0.308 e. The highest BCUT2D eigenvalue weighted by atomic mass is 16.1. The van der Waals surface area contributed by atoms with Crippen LogP contribution in [0, 0.1) is 0 Å². The number of carbonyl (C=O) groups excluding carboxylic acids is 1. The molecule has 0 N–H and O–H groups in total. The smallest absolute Gasteiger partial charge is 0.159 e. The molecule has 0 fully saturated rings. The second-order valence-corrected chi connectivity index (χ2v) is 4.53. The van der Waals surface area contributed by atoms with Gasteiger partial charge in [-0.2, -0.15) is 0 Å². The van der Waals surface area contributed by atoms with Gasteiger partial charge >= 0.3 is 0 Å². The first kappa shape index (κ1) is 15.8. The first-order chi connectivity index (χ1) is 7.93. The van der Waals surface area contributed by atoms with Crippen LogP contribution in [0.2, 0.25) is 0 Å². The molecule has 0 atom stereocenters. The summed E-state index contributed by atoms with van der Waals surface area (Å²) >= 11 is 0. The fourth-order valence-electron chi connectivity index (χ4n) is 1.07. The predicted molar refractivity (Wildman–Crippen MR) is 73.6 cm³/mol. The van der Waals surface area contributed by atoms with Gasteiger partial charge in [0, 0.05) is 18.7 Å². The average Bonchev–Trinajstić information content (AvgIpc) is 2.28. The lowest BCUT2D eigenvalue weighted by atomic mass is 10.2. The number of Topliss-reactive ketones (excluding diaryl/α,β-unsaturated/α-hetero) is 1. The van der Waals surface area contributed by atoms with Gasteiger partial charge in [0.05, 0.1) is 0 Å². The van der Waals surface area contributed by atoms with E-state index in [0.717, 1.165) is 18.7 Å². The van der Waals surface area contributed by atoms with Crippen molar-refractivity contribution in [3.8, 4) is 0 Å². The van der Waals surface area contributed by atoms with Gasteiger partial charge in [-0.15, -0.1) is 0 Å². The summed E-state index contributed by atoms with van der Waals surface area (Å²) < 4.78 is 0. The van der Waals surface area contributed by atoms with Crippen molar-refractivity contribution in [2.45, 2.75) is 6.92 Å². The van der Waals surface area contributed by atoms with Crippen LogP contribution < -0.4 is 0 Å². The predicted octanol–water partition coefficient (Wildman–Crippen LogP) is 2.00. The Balaban J connectivity index is 0.000000304. The van der Waals surface area contributed by atoms with E-state index in [0.29, 0.717) is 0 Å². The van der Waals surface area contributed by atoms with Crippen LogP contribution in [0.5, 0.6) is 0 Å². The van der Waals surface area contributed by atoms with E-state index >= 15 is 0 Å². The number of carbonyl (C=O) groups is 1. The molecule has 0 bridgehead atoms. The summed E-state index contributed by atoms with van der Waals surface area (Å²) in [4.78, 5) is 15.0. The Morgan fingerprint density at radius 3 is 1.59 bits per heavy atom. The Morgan fingerprint density at radius 1 is 0.941 bits per heavy atom. The zero-order chi connectivity index (χ0) is 13.3. The summed E-state index contributed by atoms with van der Waals surface area (Å²) in [6, 6.07) is 9.23. The van der Waals surface area contributed by atoms with Crippen molar-refractivity contribution in [2.24, 2.45) is 0 Å². The van der Waals surface area contributed by atoms with Gasteiger partial charge in [0.1, 0.15) is 0 Å². The Labute approximate surface area is 105 Å². The molecule has 0 saturated heterocycles. The average molecular weight is 236 g/mol. The summed E-state index contributed by atoms with van der Waals surface area (Å²) in [6.45, 7) is 3.86. The van der Waals surface area contributed by atoms with E-state index in [4.69, 9.17) is 0 Å². The van der Waals surface area contributed by atoms with Crippen molar-refractivity contribution in [2.75, 3.05) is 41.3 Å². The van der Waals surface area contributed by atoms with Crippen LogP contribution in [0.1, 0.15) is 17.3 Å². The van der Waals surface area contributed by atoms with Crippen molar-refractivity contribution in [3.05, 3.63) is 35.9 Å². The molecule has 1 rings (SSSR count). The van der Waals surface area contributed by atoms with Gasteiger partial charge in [0.15, 0.2) is 5.78 Å². The first-order valence-electron chi connectivity index (χ1n) is 5.79. The number of hydrogen-bond acceptors (Lipinski definition) is 3. The van der Waals surface area contributed by atoms with Crippen LogP contribution >= 0.6 is 0 Å². The monoisotopic (exact) mass is 236 g/mol. The van der Waals surface area contributed by atoms with Crippen molar-refractivity contribution < 1.29 is 4.79 Å². The zero-order valence-electron chi connectivity index (χ0n) is 11.6. The summed E-state index contributed by atoms with van der Waals surface area (Å²) in [6.07, 6.45) is 0. The first-order valence-corrected chi connectivity index (χ1v) is 5.79. The third-order valence-corrected chi connectivity index (χ3v) is 2.17. The van der Waals surface area contributed by atoms with Crippen LogP contribution in [0.4, 0.5) is 0 Å². The molecular formula is C14H24N2O. The molecule has 1 aromatic carbocycles. The molecule has 0 aliphatic carbocycles. The molecular weight excluding hydrogens is 212 g/mol. The third-order valence-electron chi connectivity index (χ3n) is 2.17. The number of likely N-dealkylation sites (N-methyl/N-ethyl adjacent to an activating group) is 2. The van der Waals surface area contributed by atoms with E-state index in [2.05, 4.69) is 38.0 Å². The standard InChI is InChI=1S/C8H8O.C6H16N2/c1-7(9)8-5-3-2-4-6-8;1-7(2)5-6-8(3)4/h2-6H,1H3;5-6H2,1-4H3. The summed E-state index contributed by atoms with van der Waals surface area (Å²) in [7, 11) is 8.35. The minimum atomic E-state index is 0.121. The van der Waals surface area contributed by atoms with E-state index in [9.17, 15) is 4.79 Å². The Hall–Kier alpha value is -1.19. The molecule has 3 nitrogen and oxygen atoms in total. The molecule has 0 saturated carbocycles. The maximum absolute atomic E-state index is 10.6. The second-order valence-electron chi connectivity index (χ2n) is 4.53. The highest BCUT2D eigenvalue weighted by Crippen LogP contribution is 1.97. The fourth-order valence-corrected chi connectivity index (χ4v) is 1.07. The summed E-state index contributed by atoms with van der Waals surface area (Å²) in [5.41, 5.74) is 0.775. The van der Waals surface area contributed by atoms with E-state index in [1.165, 1.54) is 0 Å². The number of rotatable bonds is 4. The van der Waals surface area contributed by atoms with Gasteiger partial charge in [0.25, 0.3) is 0 Å². The molecule has 0 heterocycles. The zero-order valence-corrected chi connectivity index (χ0v) is 11.6.